The Morgan fingerprint density at radius 2 is 1.71 bits per heavy atom. The van der Waals surface area contributed by atoms with Gasteiger partial charge in [-0.2, -0.15) is 0 Å². The first-order valence-corrected chi connectivity index (χ1v) is 10.9. The number of nitrogens with one attached hydrogen (secondary N) is 1. The Morgan fingerprint density at radius 3 is 2.29 bits per heavy atom. The molecular formula is C25H32N2O4. The molecule has 1 saturated heterocycles. The molecule has 0 saturated carbocycles. The lowest BCUT2D eigenvalue weighted by Crippen LogP contribution is -2.50. The van der Waals surface area contributed by atoms with Crippen molar-refractivity contribution in [1.29, 1.82) is 0 Å². The third-order valence-corrected chi connectivity index (χ3v) is 5.73. The standard InChI is InChI=1S/C25H32N2O4/c1-5-31-22-12-8-19(9-13-22)24(28)26-23(17(2)3)25(29)27-15-14-20(16-27)18-6-10-21(30-4)11-7-18/h6-13,17,20,23H,5,14-16H2,1-4H3,(H,26,28). The van der Waals surface area contributed by atoms with E-state index >= 15 is 0 Å². The molecule has 2 unspecified atom stereocenters. The van der Waals surface area contributed by atoms with Gasteiger partial charge in [-0.05, 0) is 61.2 Å². The number of hydrogen-bond donors (Lipinski definition) is 1. The van der Waals surface area contributed by atoms with Crippen LogP contribution < -0.4 is 14.8 Å². The van der Waals surface area contributed by atoms with Crippen LogP contribution >= 0.6 is 0 Å². The Balaban J connectivity index is 1.64. The summed E-state index contributed by atoms with van der Waals surface area (Å²) in [6.07, 6.45) is 0.912. The summed E-state index contributed by atoms with van der Waals surface area (Å²) in [6, 6.07) is 14.4. The molecule has 0 radical (unpaired) electrons. The number of nitrogens with zero attached hydrogens (tertiary/aromatic N) is 1. The van der Waals surface area contributed by atoms with E-state index in [4.69, 9.17) is 9.47 Å². The number of carbonyl (C=O) groups is 2. The molecule has 1 N–H and O–H groups in total. The summed E-state index contributed by atoms with van der Waals surface area (Å²) in [6.45, 7) is 7.75. The maximum Gasteiger partial charge on any atom is 0.251 e. The topological polar surface area (TPSA) is 67.9 Å². The fourth-order valence-electron chi connectivity index (χ4n) is 3.91. The largest absolute Gasteiger partial charge is 0.497 e. The molecule has 2 atom stereocenters. The zero-order valence-electron chi connectivity index (χ0n) is 18.8. The monoisotopic (exact) mass is 424 g/mol. The number of hydrogen-bond acceptors (Lipinski definition) is 4. The van der Waals surface area contributed by atoms with E-state index < -0.39 is 6.04 Å². The van der Waals surface area contributed by atoms with Crippen molar-refractivity contribution in [3.8, 4) is 11.5 Å². The molecule has 0 spiro atoms. The highest BCUT2D eigenvalue weighted by molar-refractivity contribution is 5.97. The highest BCUT2D eigenvalue weighted by atomic mass is 16.5. The van der Waals surface area contributed by atoms with Crippen LogP contribution in [0.5, 0.6) is 11.5 Å². The molecule has 2 aromatic carbocycles. The number of rotatable bonds is 8. The first-order chi connectivity index (χ1) is 14.9. The van der Waals surface area contributed by atoms with E-state index in [9.17, 15) is 9.59 Å². The summed E-state index contributed by atoms with van der Waals surface area (Å²) in [4.78, 5) is 27.9. The summed E-state index contributed by atoms with van der Waals surface area (Å²) in [5, 5.41) is 2.94. The molecule has 2 amide bonds. The van der Waals surface area contributed by atoms with Crippen molar-refractivity contribution in [2.75, 3.05) is 26.8 Å². The van der Waals surface area contributed by atoms with Gasteiger partial charge in [-0.1, -0.05) is 26.0 Å². The Morgan fingerprint density at radius 1 is 1.06 bits per heavy atom. The number of benzene rings is 2. The van der Waals surface area contributed by atoms with Crippen molar-refractivity contribution in [3.63, 3.8) is 0 Å². The average molecular weight is 425 g/mol. The van der Waals surface area contributed by atoms with Crippen molar-refractivity contribution >= 4 is 11.8 Å². The van der Waals surface area contributed by atoms with Crippen LogP contribution in [0.4, 0.5) is 0 Å². The fourth-order valence-corrected chi connectivity index (χ4v) is 3.91. The molecule has 1 fully saturated rings. The second-order valence-corrected chi connectivity index (χ2v) is 8.20. The van der Waals surface area contributed by atoms with Crippen molar-refractivity contribution in [3.05, 3.63) is 59.7 Å². The number of carbonyl (C=O) groups excluding carboxylic acids is 2. The fraction of sp³-hybridized carbons (Fsp3) is 0.440. The summed E-state index contributed by atoms with van der Waals surface area (Å²) in [5.74, 6) is 1.55. The first-order valence-electron chi connectivity index (χ1n) is 10.9. The van der Waals surface area contributed by atoms with Crippen LogP contribution in [0.15, 0.2) is 48.5 Å². The smallest absolute Gasteiger partial charge is 0.251 e. The van der Waals surface area contributed by atoms with Gasteiger partial charge >= 0.3 is 0 Å². The van der Waals surface area contributed by atoms with Crippen molar-refractivity contribution in [2.24, 2.45) is 5.92 Å². The van der Waals surface area contributed by atoms with Gasteiger partial charge in [0.15, 0.2) is 0 Å². The van der Waals surface area contributed by atoms with E-state index in [0.29, 0.717) is 31.2 Å². The lowest BCUT2D eigenvalue weighted by Gasteiger charge is -2.27. The molecule has 166 valence electrons. The van der Waals surface area contributed by atoms with Crippen LogP contribution in [0.3, 0.4) is 0 Å². The highest BCUT2D eigenvalue weighted by Gasteiger charge is 2.34. The van der Waals surface area contributed by atoms with Gasteiger partial charge in [-0.15, -0.1) is 0 Å². The number of ether oxygens (including phenoxy) is 2. The summed E-state index contributed by atoms with van der Waals surface area (Å²) in [7, 11) is 1.65. The van der Waals surface area contributed by atoms with Crippen molar-refractivity contribution in [2.45, 2.75) is 39.2 Å². The van der Waals surface area contributed by atoms with Gasteiger partial charge in [-0.3, -0.25) is 9.59 Å². The normalized spacial score (nSPS) is 16.8. The van der Waals surface area contributed by atoms with E-state index in [1.807, 2.05) is 37.8 Å². The van der Waals surface area contributed by atoms with Crippen LogP contribution in [0, 0.1) is 5.92 Å². The number of likely N-dealkylation sites (tertiary alicyclic amines) is 1. The molecule has 0 aromatic heterocycles. The molecule has 31 heavy (non-hydrogen) atoms. The summed E-state index contributed by atoms with van der Waals surface area (Å²) < 4.78 is 10.7. The summed E-state index contributed by atoms with van der Waals surface area (Å²) >= 11 is 0. The number of methoxy groups -OCH3 is 1. The second-order valence-electron chi connectivity index (χ2n) is 8.20. The van der Waals surface area contributed by atoms with Gasteiger partial charge in [-0.25, -0.2) is 0 Å². The second kappa shape index (κ2) is 10.3. The molecule has 1 aliphatic heterocycles. The van der Waals surface area contributed by atoms with Crippen LogP contribution in [-0.4, -0.2) is 49.6 Å². The van der Waals surface area contributed by atoms with E-state index in [0.717, 1.165) is 17.9 Å². The number of amides is 2. The average Bonchev–Trinajstić information content (AvgIpc) is 3.28. The molecule has 1 aliphatic rings. The third kappa shape index (κ3) is 5.57. The minimum Gasteiger partial charge on any atom is -0.497 e. The highest BCUT2D eigenvalue weighted by Crippen LogP contribution is 2.29. The first kappa shape index (κ1) is 22.7. The zero-order valence-corrected chi connectivity index (χ0v) is 18.8. The Hall–Kier alpha value is -3.02. The maximum absolute atomic E-state index is 13.2. The van der Waals surface area contributed by atoms with E-state index in [1.165, 1.54) is 5.56 Å². The third-order valence-electron chi connectivity index (χ3n) is 5.73. The quantitative estimate of drug-likeness (QED) is 0.699. The lowest BCUT2D eigenvalue weighted by molar-refractivity contribution is -0.133. The molecule has 2 aromatic rings. The predicted molar refractivity (Wildman–Crippen MR) is 121 cm³/mol. The SMILES string of the molecule is CCOc1ccc(C(=O)NC(C(=O)N2CCC(c3ccc(OC)cc3)C2)C(C)C)cc1. The molecule has 6 heteroatoms. The Labute approximate surface area is 184 Å². The van der Waals surface area contributed by atoms with Crippen LogP contribution in [0.1, 0.15) is 49.0 Å². The van der Waals surface area contributed by atoms with E-state index in [-0.39, 0.29) is 17.7 Å². The van der Waals surface area contributed by atoms with Gasteiger partial charge in [0.25, 0.3) is 5.91 Å². The summed E-state index contributed by atoms with van der Waals surface area (Å²) in [5.41, 5.74) is 1.72. The van der Waals surface area contributed by atoms with Gasteiger partial charge in [0, 0.05) is 24.6 Å². The Bertz CT molecular complexity index is 877. The minimum absolute atomic E-state index is 0.0146. The molecule has 3 rings (SSSR count). The lowest BCUT2D eigenvalue weighted by atomic mass is 9.98. The van der Waals surface area contributed by atoms with Gasteiger partial charge < -0.3 is 19.7 Å². The molecule has 0 aliphatic carbocycles. The van der Waals surface area contributed by atoms with Gasteiger partial charge in [0.05, 0.1) is 13.7 Å². The predicted octanol–water partition coefficient (Wildman–Crippen LogP) is 3.86. The zero-order chi connectivity index (χ0) is 22.4. The molecule has 0 bridgehead atoms. The Kier molecular flexibility index (Phi) is 7.55. The molecule has 1 heterocycles. The van der Waals surface area contributed by atoms with Gasteiger partial charge in [0.1, 0.15) is 17.5 Å². The molecular weight excluding hydrogens is 392 g/mol. The van der Waals surface area contributed by atoms with E-state index in [1.54, 1.807) is 31.4 Å². The van der Waals surface area contributed by atoms with Crippen molar-refractivity contribution in [1.82, 2.24) is 10.2 Å². The van der Waals surface area contributed by atoms with Crippen LogP contribution in [0.2, 0.25) is 0 Å². The van der Waals surface area contributed by atoms with Crippen LogP contribution in [0.25, 0.3) is 0 Å². The minimum atomic E-state index is -0.561. The van der Waals surface area contributed by atoms with Gasteiger partial charge in [0.2, 0.25) is 5.91 Å². The van der Waals surface area contributed by atoms with Crippen LogP contribution in [-0.2, 0) is 4.79 Å². The molecule has 6 nitrogen and oxygen atoms in total. The van der Waals surface area contributed by atoms with Crippen molar-refractivity contribution < 1.29 is 19.1 Å². The van der Waals surface area contributed by atoms with E-state index in [2.05, 4.69) is 17.4 Å². The maximum atomic E-state index is 13.2.